The van der Waals surface area contributed by atoms with Crippen LogP contribution in [-0.4, -0.2) is 32.6 Å². The highest BCUT2D eigenvalue weighted by molar-refractivity contribution is 9.09. The Hall–Kier alpha value is -0.0600. The summed E-state index contributed by atoms with van der Waals surface area (Å²) in [6.45, 7) is 4.12. The molecule has 0 radical (unpaired) electrons. The van der Waals surface area contributed by atoms with Crippen LogP contribution in [0.1, 0.15) is 24.1 Å². The monoisotopic (exact) mass is 305 g/mol. The van der Waals surface area contributed by atoms with Crippen molar-refractivity contribution in [3.63, 3.8) is 0 Å². The number of hydrogen-bond acceptors (Lipinski definition) is 2. The third kappa shape index (κ3) is 2.29. The Bertz CT molecular complexity index is 378. The molecule has 0 N–H and O–H groups in total. The lowest BCUT2D eigenvalue weighted by molar-refractivity contribution is 0.264. The van der Waals surface area contributed by atoms with E-state index < -0.39 is 0 Å². The summed E-state index contributed by atoms with van der Waals surface area (Å²) in [6.07, 6.45) is 2.56. The predicted octanol–water partition coefficient (Wildman–Crippen LogP) is 2.74. The highest BCUT2D eigenvalue weighted by atomic mass is 79.9. The van der Waals surface area contributed by atoms with Gasteiger partial charge in [-0.2, -0.15) is 5.10 Å². The maximum atomic E-state index is 6.25. The number of nitrogens with zero attached hydrogens (tertiary/aromatic N) is 3. The molecule has 0 aromatic carbocycles. The number of alkyl halides is 1. The topological polar surface area (TPSA) is 21.1 Å². The molecule has 1 atom stereocenters. The molecule has 1 unspecified atom stereocenters. The molecule has 3 nitrogen and oxygen atoms in total. The molecule has 0 saturated carbocycles. The standard InChI is InChI=1S/C11H17BrClN3/c1-8-10(11(13)15(2)14-8)7-16-5-3-4-9(16)6-12/h9H,3-7H2,1-2H3. The summed E-state index contributed by atoms with van der Waals surface area (Å²) in [7, 11) is 1.89. The third-order valence-corrected chi connectivity index (χ3v) is 4.53. The minimum Gasteiger partial charge on any atom is -0.295 e. The average Bonchev–Trinajstić information content (AvgIpc) is 2.79. The van der Waals surface area contributed by atoms with Crippen LogP contribution >= 0.6 is 27.5 Å². The zero-order chi connectivity index (χ0) is 11.7. The summed E-state index contributed by atoms with van der Waals surface area (Å²) in [6, 6.07) is 0.649. The van der Waals surface area contributed by atoms with Gasteiger partial charge in [-0.1, -0.05) is 27.5 Å². The lowest BCUT2D eigenvalue weighted by Gasteiger charge is -2.22. The maximum Gasteiger partial charge on any atom is 0.131 e. The Morgan fingerprint density at radius 3 is 2.88 bits per heavy atom. The van der Waals surface area contributed by atoms with Crippen LogP contribution in [-0.2, 0) is 13.6 Å². The minimum absolute atomic E-state index is 0.649. The van der Waals surface area contributed by atoms with Crippen LogP contribution in [0.3, 0.4) is 0 Å². The number of halogens is 2. The summed E-state index contributed by atoms with van der Waals surface area (Å²) in [5, 5.41) is 6.17. The fraction of sp³-hybridized carbons (Fsp3) is 0.727. The third-order valence-electron chi connectivity index (χ3n) is 3.31. The van der Waals surface area contributed by atoms with Crippen molar-refractivity contribution >= 4 is 27.5 Å². The minimum atomic E-state index is 0.649. The molecule has 1 aromatic heterocycles. The van der Waals surface area contributed by atoms with E-state index in [9.17, 15) is 0 Å². The molecule has 5 heteroatoms. The first kappa shape index (κ1) is 12.4. The van der Waals surface area contributed by atoms with E-state index in [2.05, 4.69) is 25.9 Å². The molecule has 2 rings (SSSR count). The molecule has 1 fully saturated rings. The summed E-state index contributed by atoms with van der Waals surface area (Å²) in [4.78, 5) is 2.49. The highest BCUT2D eigenvalue weighted by Crippen LogP contribution is 2.26. The molecule has 0 bridgehead atoms. The van der Waals surface area contributed by atoms with Gasteiger partial charge >= 0.3 is 0 Å². The normalized spacial score (nSPS) is 21.9. The van der Waals surface area contributed by atoms with Gasteiger partial charge in [0.25, 0.3) is 0 Å². The van der Waals surface area contributed by atoms with Gasteiger partial charge in [-0.15, -0.1) is 0 Å². The van der Waals surface area contributed by atoms with Crippen molar-refractivity contribution in [1.82, 2.24) is 14.7 Å². The Morgan fingerprint density at radius 1 is 1.56 bits per heavy atom. The second-order valence-electron chi connectivity index (χ2n) is 4.40. The van der Waals surface area contributed by atoms with Gasteiger partial charge in [0.15, 0.2) is 0 Å². The van der Waals surface area contributed by atoms with Crippen LogP contribution in [0.5, 0.6) is 0 Å². The number of aromatic nitrogens is 2. The molecule has 0 spiro atoms. The van der Waals surface area contributed by atoms with Crippen molar-refractivity contribution in [2.24, 2.45) is 7.05 Å². The largest absolute Gasteiger partial charge is 0.295 e. The SMILES string of the molecule is Cc1nn(C)c(Cl)c1CN1CCCC1CBr. The predicted molar refractivity (Wildman–Crippen MR) is 70.2 cm³/mol. The van der Waals surface area contributed by atoms with Gasteiger partial charge in [-0.25, -0.2) is 0 Å². The van der Waals surface area contributed by atoms with Crippen LogP contribution in [0.2, 0.25) is 5.15 Å². The van der Waals surface area contributed by atoms with E-state index in [-0.39, 0.29) is 0 Å². The summed E-state index contributed by atoms with van der Waals surface area (Å²) >= 11 is 9.82. The summed E-state index contributed by atoms with van der Waals surface area (Å²) in [5.41, 5.74) is 2.23. The van der Waals surface area contributed by atoms with Crippen LogP contribution in [0.25, 0.3) is 0 Å². The van der Waals surface area contributed by atoms with Crippen molar-refractivity contribution in [3.05, 3.63) is 16.4 Å². The molecular formula is C11H17BrClN3. The average molecular weight is 307 g/mol. The van der Waals surface area contributed by atoms with E-state index in [0.29, 0.717) is 6.04 Å². The van der Waals surface area contributed by atoms with Gasteiger partial charge in [0, 0.05) is 30.5 Å². The Balaban J connectivity index is 2.14. The number of likely N-dealkylation sites (tertiary alicyclic amines) is 1. The molecule has 90 valence electrons. The number of aryl methyl sites for hydroxylation is 2. The summed E-state index contributed by atoms with van der Waals surface area (Å²) in [5.74, 6) is 0. The van der Waals surface area contributed by atoms with Crippen molar-refractivity contribution in [3.8, 4) is 0 Å². The van der Waals surface area contributed by atoms with Crippen LogP contribution in [0.4, 0.5) is 0 Å². The lowest BCUT2D eigenvalue weighted by atomic mass is 10.2. The molecule has 1 aliphatic rings. The first-order valence-electron chi connectivity index (χ1n) is 5.61. The quantitative estimate of drug-likeness (QED) is 0.801. The number of hydrogen-bond donors (Lipinski definition) is 0. The van der Waals surface area contributed by atoms with Crippen molar-refractivity contribution in [2.45, 2.75) is 32.4 Å². The molecule has 0 aliphatic carbocycles. The van der Waals surface area contributed by atoms with E-state index in [1.165, 1.54) is 24.9 Å². The highest BCUT2D eigenvalue weighted by Gasteiger charge is 2.25. The number of rotatable bonds is 3. The van der Waals surface area contributed by atoms with Gasteiger partial charge in [0.2, 0.25) is 0 Å². The van der Waals surface area contributed by atoms with Crippen LogP contribution in [0, 0.1) is 6.92 Å². The fourth-order valence-electron chi connectivity index (χ4n) is 2.33. The summed E-state index contributed by atoms with van der Waals surface area (Å²) < 4.78 is 1.76. The van der Waals surface area contributed by atoms with E-state index in [4.69, 9.17) is 11.6 Å². The zero-order valence-corrected chi connectivity index (χ0v) is 12.1. The molecule has 0 amide bonds. The van der Waals surface area contributed by atoms with E-state index >= 15 is 0 Å². The second kappa shape index (κ2) is 5.07. The molecule has 1 aromatic rings. The molecular weight excluding hydrogens is 289 g/mol. The maximum absolute atomic E-state index is 6.25. The Morgan fingerprint density at radius 2 is 2.31 bits per heavy atom. The zero-order valence-electron chi connectivity index (χ0n) is 9.71. The van der Waals surface area contributed by atoms with Crippen LogP contribution < -0.4 is 0 Å². The van der Waals surface area contributed by atoms with E-state index in [1.807, 2.05) is 14.0 Å². The van der Waals surface area contributed by atoms with Gasteiger partial charge < -0.3 is 0 Å². The van der Waals surface area contributed by atoms with Gasteiger partial charge in [0.05, 0.1) is 5.69 Å². The fourth-order valence-corrected chi connectivity index (χ4v) is 3.30. The van der Waals surface area contributed by atoms with E-state index in [0.717, 1.165) is 22.7 Å². The molecule has 1 saturated heterocycles. The van der Waals surface area contributed by atoms with Crippen LogP contribution in [0.15, 0.2) is 0 Å². The lowest BCUT2D eigenvalue weighted by Crippen LogP contribution is -2.30. The second-order valence-corrected chi connectivity index (χ2v) is 5.40. The first-order valence-corrected chi connectivity index (χ1v) is 7.11. The Kier molecular flexibility index (Phi) is 3.93. The van der Waals surface area contributed by atoms with Gasteiger partial charge in [-0.3, -0.25) is 9.58 Å². The van der Waals surface area contributed by atoms with E-state index in [1.54, 1.807) is 4.68 Å². The smallest absolute Gasteiger partial charge is 0.131 e. The molecule has 2 heterocycles. The molecule has 16 heavy (non-hydrogen) atoms. The molecule has 1 aliphatic heterocycles. The van der Waals surface area contributed by atoms with Crippen molar-refractivity contribution in [2.75, 3.05) is 11.9 Å². The van der Waals surface area contributed by atoms with Gasteiger partial charge in [0.1, 0.15) is 5.15 Å². The van der Waals surface area contributed by atoms with Crippen molar-refractivity contribution in [1.29, 1.82) is 0 Å². The van der Waals surface area contributed by atoms with Gasteiger partial charge in [-0.05, 0) is 26.3 Å². The first-order chi connectivity index (χ1) is 7.63. The Labute approximate surface area is 110 Å². The van der Waals surface area contributed by atoms with Crippen molar-refractivity contribution < 1.29 is 0 Å².